The Morgan fingerprint density at radius 3 is 2.52 bits per heavy atom. The van der Waals surface area contributed by atoms with Crippen molar-refractivity contribution in [1.29, 1.82) is 0 Å². The Bertz CT molecular complexity index is 761. The summed E-state index contributed by atoms with van der Waals surface area (Å²) in [5, 5.41) is 6.88. The van der Waals surface area contributed by atoms with Crippen molar-refractivity contribution in [3.05, 3.63) is 71.6 Å². The van der Waals surface area contributed by atoms with Gasteiger partial charge >= 0.3 is 0 Å². The van der Waals surface area contributed by atoms with Crippen LogP contribution in [0.1, 0.15) is 16.8 Å². The van der Waals surface area contributed by atoms with Crippen LogP contribution in [0.3, 0.4) is 0 Å². The summed E-state index contributed by atoms with van der Waals surface area (Å²) < 4.78 is 32.2. The minimum atomic E-state index is -0.649. The summed E-state index contributed by atoms with van der Waals surface area (Å²) in [7, 11) is 0. The van der Waals surface area contributed by atoms with E-state index in [4.69, 9.17) is 16.0 Å². The van der Waals surface area contributed by atoms with Crippen LogP contribution in [-0.4, -0.2) is 10.2 Å². The van der Waals surface area contributed by atoms with Gasteiger partial charge in [-0.15, -0.1) is 21.8 Å². The van der Waals surface area contributed by atoms with Crippen molar-refractivity contribution in [2.45, 2.75) is 5.38 Å². The van der Waals surface area contributed by atoms with E-state index in [1.165, 1.54) is 0 Å². The number of nitrogens with zero attached hydrogens (tertiary/aromatic N) is 2. The molecule has 3 nitrogen and oxygen atoms in total. The van der Waals surface area contributed by atoms with E-state index in [2.05, 4.69) is 10.2 Å². The Labute approximate surface area is 124 Å². The standard InChI is InChI=1S/C15H9ClF2N2O/c16-13(9-4-2-1-3-5-9)15-20-19-14(21-15)11-8-10(17)6-7-12(11)18/h1-8,13H. The maximum absolute atomic E-state index is 13.7. The summed E-state index contributed by atoms with van der Waals surface area (Å²) in [6.45, 7) is 0. The molecule has 1 aromatic heterocycles. The summed E-state index contributed by atoms with van der Waals surface area (Å²) in [5.41, 5.74) is 0.680. The van der Waals surface area contributed by atoms with Gasteiger partial charge in [-0.3, -0.25) is 0 Å². The van der Waals surface area contributed by atoms with Crippen LogP contribution in [0.4, 0.5) is 8.78 Å². The second-order valence-electron chi connectivity index (χ2n) is 4.34. The highest BCUT2D eigenvalue weighted by molar-refractivity contribution is 6.22. The number of hydrogen-bond acceptors (Lipinski definition) is 3. The first-order chi connectivity index (χ1) is 10.1. The number of benzene rings is 2. The average molecular weight is 307 g/mol. The van der Waals surface area contributed by atoms with Crippen molar-refractivity contribution in [2.75, 3.05) is 0 Å². The highest BCUT2D eigenvalue weighted by Gasteiger charge is 2.20. The zero-order valence-corrected chi connectivity index (χ0v) is 11.4. The molecular formula is C15H9ClF2N2O. The number of hydrogen-bond donors (Lipinski definition) is 0. The third-order valence-electron chi connectivity index (χ3n) is 2.91. The molecule has 0 spiro atoms. The Hall–Kier alpha value is -2.27. The molecule has 2 aromatic carbocycles. The van der Waals surface area contributed by atoms with Crippen molar-refractivity contribution in [3.63, 3.8) is 0 Å². The maximum atomic E-state index is 13.7. The van der Waals surface area contributed by atoms with E-state index in [-0.39, 0.29) is 17.3 Å². The molecule has 106 valence electrons. The van der Waals surface area contributed by atoms with Gasteiger partial charge in [0.15, 0.2) is 0 Å². The van der Waals surface area contributed by atoms with E-state index in [0.29, 0.717) is 0 Å². The molecule has 3 rings (SSSR count). The van der Waals surface area contributed by atoms with E-state index >= 15 is 0 Å². The van der Waals surface area contributed by atoms with Crippen LogP contribution in [0.2, 0.25) is 0 Å². The number of halogens is 3. The molecule has 0 bridgehead atoms. The second-order valence-corrected chi connectivity index (χ2v) is 4.78. The van der Waals surface area contributed by atoms with Gasteiger partial charge in [-0.25, -0.2) is 8.78 Å². The molecule has 0 fully saturated rings. The molecule has 3 aromatic rings. The molecule has 0 aliphatic heterocycles. The summed E-state index contributed by atoms with van der Waals surface area (Å²) in [6, 6.07) is 12.2. The lowest BCUT2D eigenvalue weighted by atomic mass is 10.1. The van der Waals surface area contributed by atoms with Crippen molar-refractivity contribution in [3.8, 4) is 11.5 Å². The van der Waals surface area contributed by atoms with Gasteiger partial charge in [0.05, 0.1) is 5.56 Å². The normalized spacial score (nSPS) is 12.3. The van der Waals surface area contributed by atoms with Gasteiger partial charge in [0.1, 0.15) is 17.0 Å². The van der Waals surface area contributed by atoms with Gasteiger partial charge in [-0.2, -0.15) is 0 Å². The largest absolute Gasteiger partial charge is 0.419 e. The Morgan fingerprint density at radius 1 is 1.00 bits per heavy atom. The number of rotatable bonds is 3. The Balaban J connectivity index is 1.95. The van der Waals surface area contributed by atoms with E-state index in [9.17, 15) is 8.78 Å². The predicted molar refractivity (Wildman–Crippen MR) is 73.8 cm³/mol. The highest BCUT2D eigenvalue weighted by Crippen LogP contribution is 2.30. The first kappa shape index (κ1) is 13.7. The highest BCUT2D eigenvalue weighted by atomic mass is 35.5. The third-order valence-corrected chi connectivity index (χ3v) is 3.35. The summed E-state index contributed by atoms with van der Waals surface area (Å²) >= 11 is 6.24. The minimum absolute atomic E-state index is 0.0920. The van der Waals surface area contributed by atoms with Crippen molar-refractivity contribution >= 4 is 11.6 Å². The molecule has 21 heavy (non-hydrogen) atoms. The number of alkyl halides is 1. The zero-order chi connectivity index (χ0) is 14.8. The fourth-order valence-electron chi connectivity index (χ4n) is 1.87. The third kappa shape index (κ3) is 2.78. The average Bonchev–Trinajstić information content (AvgIpc) is 2.99. The molecule has 0 aliphatic rings. The topological polar surface area (TPSA) is 38.9 Å². The van der Waals surface area contributed by atoms with Gasteiger partial charge in [-0.1, -0.05) is 30.3 Å². The van der Waals surface area contributed by atoms with Crippen LogP contribution in [0, 0.1) is 11.6 Å². The van der Waals surface area contributed by atoms with E-state index in [0.717, 1.165) is 23.8 Å². The van der Waals surface area contributed by atoms with Gasteiger partial charge in [0.25, 0.3) is 5.89 Å². The fraction of sp³-hybridized carbons (Fsp3) is 0.0667. The zero-order valence-electron chi connectivity index (χ0n) is 10.6. The van der Waals surface area contributed by atoms with Crippen molar-refractivity contribution in [2.24, 2.45) is 0 Å². The van der Waals surface area contributed by atoms with Crippen LogP contribution in [-0.2, 0) is 0 Å². The lowest BCUT2D eigenvalue weighted by Crippen LogP contribution is -1.92. The summed E-state index contributed by atoms with van der Waals surface area (Å²) in [6.07, 6.45) is 0. The molecule has 0 radical (unpaired) electrons. The van der Waals surface area contributed by atoms with Crippen LogP contribution < -0.4 is 0 Å². The van der Waals surface area contributed by atoms with Crippen molar-refractivity contribution in [1.82, 2.24) is 10.2 Å². The van der Waals surface area contributed by atoms with Gasteiger partial charge in [0, 0.05) is 0 Å². The minimum Gasteiger partial charge on any atom is -0.419 e. The monoisotopic (exact) mass is 306 g/mol. The van der Waals surface area contributed by atoms with E-state index in [1.807, 2.05) is 30.3 Å². The van der Waals surface area contributed by atoms with Gasteiger partial charge < -0.3 is 4.42 Å². The first-order valence-corrected chi connectivity index (χ1v) is 6.56. The van der Waals surface area contributed by atoms with Gasteiger partial charge in [0.2, 0.25) is 5.89 Å². The smallest absolute Gasteiger partial charge is 0.250 e. The molecule has 1 atom stereocenters. The molecular weight excluding hydrogens is 298 g/mol. The Kier molecular flexibility index (Phi) is 3.66. The predicted octanol–water partition coefficient (Wildman–Crippen LogP) is 4.34. The summed E-state index contributed by atoms with van der Waals surface area (Å²) in [4.78, 5) is 0. The second kappa shape index (κ2) is 5.61. The SMILES string of the molecule is Fc1ccc(F)c(-c2nnc(C(Cl)c3ccccc3)o2)c1. The molecule has 0 saturated carbocycles. The van der Waals surface area contributed by atoms with Crippen LogP contribution in [0.5, 0.6) is 0 Å². The van der Waals surface area contributed by atoms with Gasteiger partial charge in [-0.05, 0) is 23.8 Å². The van der Waals surface area contributed by atoms with Crippen LogP contribution in [0.15, 0.2) is 52.9 Å². The lowest BCUT2D eigenvalue weighted by Gasteiger charge is -2.04. The lowest BCUT2D eigenvalue weighted by molar-refractivity contribution is 0.507. The van der Waals surface area contributed by atoms with E-state index < -0.39 is 17.0 Å². The summed E-state index contributed by atoms with van der Waals surface area (Å²) in [5.74, 6) is -1.21. The molecule has 0 aliphatic carbocycles. The molecule has 0 amide bonds. The maximum Gasteiger partial charge on any atom is 0.250 e. The first-order valence-electron chi connectivity index (χ1n) is 6.13. The van der Waals surface area contributed by atoms with Crippen LogP contribution >= 0.6 is 11.6 Å². The molecule has 1 unspecified atom stereocenters. The van der Waals surface area contributed by atoms with E-state index in [1.54, 1.807) is 0 Å². The fourth-order valence-corrected chi connectivity index (χ4v) is 2.11. The van der Waals surface area contributed by atoms with Crippen LogP contribution in [0.25, 0.3) is 11.5 Å². The molecule has 0 saturated heterocycles. The molecule has 1 heterocycles. The Morgan fingerprint density at radius 2 is 1.76 bits per heavy atom. The quantitative estimate of drug-likeness (QED) is 0.676. The molecule has 0 N–H and O–H groups in total. The molecule has 6 heteroatoms. The van der Waals surface area contributed by atoms with Crippen molar-refractivity contribution < 1.29 is 13.2 Å². The number of aromatic nitrogens is 2.